The standard InChI is InChI=1S/C36H40FN3O7S/c1-26(2)46-23-7-22-38-36(42)35(28-8-5-4-6-9-28)40(24-27-10-16-31(45-3)17-11-27)34(41)25-47-32-18-20-33(21-19-32)48(43,44)39-30-14-12-29(37)13-15-30/h4-6,8-21,26,35,39H,7,22-25H2,1-3H3,(H,38,42)/t35-/m1/s1. The summed E-state index contributed by atoms with van der Waals surface area (Å²) < 4.78 is 57.9. The number of amides is 2. The number of hydrogen-bond donors (Lipinski definition) is 2. The molecular weight excluding hydrogens is 637 g/mol. The summed E-state index contributed by atoms with van der Waals surface area (Å²) in [6, 6.07) is 25.7. The van der Waals surface area contributed by atoms with Gasteiger partial charge in [-0.25, -0.2) is 12.8 Å². The molecule has 0 fully saturated rings. The Morgan fingerprint density at radius 2 is 1.50 bits per heavy atom. The fraction of sp³-hybridized carbons (Fsp3) is 0.278. The van der Waals surface area contributed by atoms with E-state index in [1.165, 1.54) is 41.3 Å². The van der Waals surface area contributed by atoms with Crippen LogP contribution in [0.3, 0.4) is 0 Å². The molecule has 0 heterocycles. The van der Waals surface area contributed by atoms with Crippen molar-refractivity contribution in [3.05, 3.63) is 120 Å². The van der Waals surface area contributed by atoms with E-state index in [4.69, 9.17) is 14.2 Å². The number of anilines is 1. The van der Waals surface area contributed by atoms with Crippen LogP contribution in [0.25, 0.3) is 0 Å². The molecule has 10 nitrogen and oxygen atoms in total. The van der Waals surface area contributed by atoms with Crippen molar-refractivity contribution in [2.45, 2.75) is 43.9 Å². The van der Waals surface area contributed by atoms with E-state index < -0.39 is 34.4 Å². The molecule has 4 aromatic carbocycles. The van der Waals surface area contributed by atoms with Crippen molar-refractivity contribution >= 4 is 27.5 Å². The van der Waals surface area contributed by atoms with Gasteiger partial charge in [-0.1, -0.05) is 42.5 Å². The highest BCUT2D eigenvalue weighted by molar-refractivity contribution is 7.92. The average molecular weight is 678 g/mol. The molecule has 1 atom stereocenters. The molecule has 0 aliphatic carbocycles. The maximum Gasteiger partial charge on any atom is 0.261 e. The lowest BCUT2D eigenvalue weighted by molar-refractivity contribution is -0.143. The zero-order valence-corrected chi connectivity index (χ0v) is 27.9. The van der Waals surface area contributed by atoms with Crippen LogP contribution >= 0.6 is 0 Å². The van der Waals surface area contributed by atoms with Gasteiger partial charge in [0.15, 0.2) is 6.61 Å². The van der Waals surface area contributed by atoms with Gasteiger partial charge in [-0.2, -0.15) is 0 Å². The van der Waals surface area contributed by atoms with Crippen LogP contribution in [0.4, 0.5) is 10.1 Å². The zero-order valence-electron chi connectivity index (χ0n) is 27.1. The van der Waals surface area contributed by atoms with E-state index in [1.807, 2.05) is 32.0 Å². The van der Waals surface area contributed by atoms with Gasteiger partial charge >= 0.3 is 0 Å². The Labute approximate surface area is 280 Å². The molecule has 0 unspecified atom stereocenters. The number of rotatable bonds is 17. The van der Waals surface area contributed by atoms with E-state index >= 15 is 0 Å². The van der Waals surface area contributed by atoms with Crippen molar-refractivity contribution in [1.82, 2.24) is 10.2 Å². The number of hydrogen-bond acceptors (Lipinski definition) is 7. The van der Waals surface area contributed by atoms with Crippen LogP contribution < -0.4 is 19.5 Å². The van der Waals surface area contributed by atoms with Gasteiger partial charge in [-0.15, -0.1) is 0 Å². The van der Waals surface area contributed by atoms with Crippen molar-refractivity contribution < 1.29 is 36.6 Å². The van der Waals surface area contributed by atoms with Gasteiger partial charge in [0.2, 0.25) is 5.91 Å². The molecule has 0 saturated carbocycles. The highest BCUT2D eigenvalue weighted by atomic mass is 32.2. The molecule has 0 aromatic heterocycles. The molecule has 48 heavy (non-hydrogen) atoms. The molecular formula is C36H40FN3O7S. The maximum atomic E-state index is 13.9. The van der Waals surface area contributed by atoms with Gasteiger partial charge in [-0.3, -0.25) is 14.3 Å². The number of halogens is 1. The zero-order chi connectivity index (χ0) is 34.5. The van der Waals surface area contributed by atoms with Crippen molar-refractivity contribution in [2.75, 3.05) is 31.6 Å². The Hall–Kier alpha value is -4.94. The molecule has 2 N–H and O–H groups in total. The Morgan fingerprint density at radius 3 is 2.12 bits per heavy atom. The molecule has 0 aliphatic heterocycles. The number of nitrogens with zero attached hydrogens (tertiary/aromatic N) is 1. The van der Waals surface area contributed by atoms with Gasteiger partial charge in [-0.05, 0) is 92.1 Å². The van der Waals surface area contributed by atoms with Gasteiger partial charge in [0, 0.05) is 25.4 Å². The minimum atomic E-state index is -3.96. The van der Waals surface area contributed by atoms with Gasteiger partial charge < -0.3 is 24.4 Å². The van der Waals surface area contributed by atoms with E-state index in [2.05, 4.69) is 10.0 Å². The second-order valence-electron chi connectivity index (χ2n) is 11.1. The number of sulfonamides is 1. The monoisotopic (exact) mass is 677 g/mol. The summed E-state index contributed by atoms with van der Waals surface area (Å²) in [6.45, 7) is 4.41. The third-order valence-electron chi connectivity index (χ3n) is 7.17. The average Bonchev–Trinajstić information content (AvgIpc) is 3.08. The predicted octanol–water partition coefficient (Wildman–Crippen LogP) is 5.72. The SMILES string of the molecule is COc1ccc(CN(C(=O)COc2ccc(S(=O)(=O)Nc3ccc(F)cc3)cc2)[C@@H](C(=O)NCCCOC(C)C)c2ccccc2)cc1. The first-order valence-corrected chi connectivity index (χ1v) is 16.9. The van der Waals surface area contributed by atoms with E-state index in [-0.39, 0.29) is 34.9 Å². The molecule has 12 heteroatoms. The molecule has 0 saturated heterocycles. The van der Waals surface area contributed by atoms with Gasteiger partial charge in [0.25, 0.3) is 15.9 Å². The summed E-state index contributed by atoms with van der Waals surface area (Å²) >= 11 is 0. The third kappa shape index (κ3) is 10.5. The number of carbonyl (C=O) groups excluding carboxylic acids is 2. The Balaban J connectivity index is 1.52. The summed E-state index contributed by atoms with van der Waals surface area (Å²) in [5, 5.41) is 2.95. The highest BCUT2D eigenvalue weighted by Gasteiger charge is 2.32. The Morgan fingerprint density at radius 1 is 0.854 bits per heavy atom. The first-order chi connectivity index (χ1) is 23.1. The molecule has 0 spiro atoms. The minimum absolute atomic E-state index is 0.0498. The minimum Gasteiger partial charge on any atom is -0.497 e. The number of benzene rings is 4. The molecule has 254 valence electrons. The van der Waals surface area contributed by atoms with E-state index in [0.717, 1.165) is 17.7 Å². The summed E-state index contributed by atoms with van der Waals surface area (Å²) in [7, 11) is -2.40. The fourth-order valence-electron chi connectivity index (χ4n) is 4.73. The van der Waals surface area contributed by atoms with Crippen molar-refractivity contribution in [2.24, 2.45) is 0 Å². The summed E-state index contributed by atoms with van der Waals surface area (Å²) in [4.78, 5) is 29.1. The second kappa shape index (κ2) is 17.3. The lowest BCUT2D eigenvalue weighted by atomic mass is 10.0. The normalized spacial score (nSPS) is 11.9. The lowest BCUT2D eigenvalue weighted by Gasteiger charge is -2.31. The topological polar surface area (TPSA) is 123 Å². The number of ether oxygens (including phenoxy) is 3. The molecule has 0 aliphatic rings. The smallest absolute Gasteiger partial charge is 0.261 e. The van der Waals surface area contributed by atoms with Crippen LogP contribution in [0.5, 0.6) is 11.5 Å². The quantitative estimate of drug-likeness (QED) is 0.137. The Bertz CT molecular complexity index is 1720. The predicted molar refractivity (Wildman–Crippen MR) is 181 cm³/mol. The molecule has 4 rings (SSSR count). The van der Waals surface area contributed by atoms with E-state index in [1.54, 1.807) is 43.5 Å². The van der Waals surface area contributed by atoms with Crippen LogP contribution in [0.2, 0.25) is 0 Å². The largest absolute Gasteiger partial charge is 0.497 e. The van der Waals surface area contributed by atoms with Crippen LogP contribution in [-0.4, -0.2) is 58.1 Å². The Kier molecular flexibility index (Phi) is 12.9. The van der Waals surface area contributed by atoms with E-state index in [0.29, 0.717) is 30.9 Å². The van der Waals surface area contributed by atoms with Crippen LogP contribution in [-0.2, 0) is 30.9 Å². The first-order valence-electron chi connectivity index (χ1n) is 15.4. The van der Waals surface area contributed by atoms with Gasteiger partial charge in [0.05, 0.1) is 18.1 Å². The molecule has 0 bridgehead atoms. The van der Waals surface area contributed by atoms with Crippen LogP contribution in [0.1, 0.15) is 37.4 Å². The lowest BCUT2D eigenvalue weighted by Crippen LogP contribution is -2.45. The summed E-state index contributed by atoms with van der Waals surface area (Å²) in [6.07, 6.45) is 0.681. The van der Waals surface area contributed by atoms with Crippen LogP contribution in [0, 0.1) is 5.82 Å². The first kappa shape index (κ1) is 35.9. The van der Waals surface area contributed by atoms with Crippen molar-refractivity contribution in [1.29, 1.82) is 0 Å². The maximum absolute atomic E-state index is 13.9. The third-order valence-corrected chi connectivity index (χ3v) is 8.57. The van der Waals surface area contributed by atoms with Crippen molar-refractivity contribution in [3.63, 3.8) is 0 Å². The molecule has 0 radical (unpaired) electrons. The van der Waals surface area contributed by atoms with Crippen molar-refractivity contribution in [3.8, 4) is 11.5 Å². The molecule has 4 aromatic rings. The fourth-order valence-corrected chi connectivity index (χ4v) is 5.79. The summed E-state index contributed by atoms with van der Waals surface area (Å²) in [5.74, 6) is -0.401. The van der Waals surface area contributed by atoms with Crippen LogP contribution in [0.15, 0.2) is 108 Å². The molecule has 2 amide bonds. The van der Waals surface area contributed by atoms with Gasteiger partial charge in [0.1, 0.15) is 23.4 Å². The van der Waals surface area contributed by atoms with E-state index in [9.17, 15) is 22.4 Å². The number of methoxy groups -OCH3 is 1. The number of nitrogens with one attached hydrogen (secondary N) is 2. The number of carbonyl (C=O) groups is 2. The summed E-state index contributed by atoms with van der Waals surface area (Å²) in [5.41, 5.74) is 1.60. The second-order valence-corrected chi connectivity index (χ2v) is 12.8. The highest BCUT2D eigenvalue weighted by Crippen LogP contribution is 2.26.